The summed E-state index contributed by atoms with van der Waals surface area (Å²) in [4.78, 5) is 10.5. The van der Waals surface area contributed by atoms with E-state index in [1.165, 1.54) is 0 Å². The lowest BCUT2D eigenvalue weighted by Crippen LogP contribution is -2.14. The number of Topliss-reactive ketones (excluding diaryl/α,β-unsaturated/α-hetero) is 1. The summed E-state index contributed by atoms with van der Waals surface area (Å²) in [6.45, 7) is 4.82. The van der Waals surface area contributed by atoms with Gasteiger partial charge in [0.15, 0.2) is 0 Å². The van der Waals surface area contributed by atoms with E-state index in [1.54, 1.807) is 26.8 Å². The molecule has 0 aromatic rings. The van der Waals surface area contributed by atoms with Crippen molar-refractivity contribution < 1.29 is 9.90 Å². The smallest absolute Gasteiger partial charge is 0.130 e. The Morgan fingerprint density at radius 2 is 2.15 bits per heavy atom. The molecule has 0 aliphatic rings. The van der Waals surface area contributed by atoms with Crippen LogP contribution in [0.15, 0.2) is 12.2 Å². The summed E-state index contributed by atoms with van der Waals surface area (Å²) in [6, 6.07) is 0. The third kappa shape index (κ3) is 10.9. The Balaban J connectivity index is 3.74. The van der Waals surface area contributed by atoms with Gasteiger partial charge in [-0.15, -0.1) is 0 Å². The number of hydrogen-bond donors (Lipinski definition) is 1. The first-order valence-corrected chi connectivity index (χ1v) is 4.31. The summed E-state index contributed by atoms with van der Waals surface area (Å²) in [5, 5.41) is 9.20. The Bertz CT molecular complexity index is 245. The fourth-order valence-corrected chi connectivity index (χ4v) is 0.647. The van der Waals surface area contributed by atoms with Gasteiger partial charge in [0.2, 0.25) is 0 Å². The monoisotopic (exact) mass is 180 g/mol. The highest BCUT2D eigenvalue weighted by Crippen LogP contribution is 1.96. The molecule has 0 amide bonds. The van der Waals surface area contributed by atoms with E-state index in [1.807, 2.05) is 6.08 Å². The quantitative estimate of drug-likeness (QED) is 0.671. The number of aliphatic hydroxyl groups is 1. The molecule has 1 N–H and O–H groups in total. The zero-order chi connectivity index (χ0) is 10.3. The van der Waals surface area contributed by atoms with E-state index in [0.29, 0.717) is 6.42 Å². The van der Waals surface area contributed by atoms with Crippen LogP contribution < -0.4 is 0 Å². The van der Waals surface area contributed by atoms with Crippen LogP contribution in [0.3, 0.4) is 0 Å². The van der Waals surface area contributed by atoms with Gasteiger partial charge in [0.05, 0.1) is 0 Å². The van der Waals surface area contributed by atoms with Crippen LogP contribution in [0.5, 0.6) is 0 Å². The number of rotatable bonds is 3. The van der Waals surface area contributed by atoms with Gasteiger partial charge in [-0.2, -0.15) is 0 Å². The third-order valence-corrected chi connectivity index (χ3v) is 1.24. The molecule has 13 heavy (non-hydrogen) atoms. The van der Waals surface area contributed by atoms with Crippen molar-refractivity contribution in [3.05, 3.63) is 12.2 Å². The molecule has 0 bridgehead atoms. The highest BCUT2D eigenvalue weighted by molar-refractivity contribution is 5.75. The zero-order valence-electron chi connectivity index (χ0n) is 8.42. The molecule has 0 rings (SSSR count). The minimum absolute atomic E-state index is 0.181. The summed E-state index contributed by atoms with van der Waals surface area (Å²) < 4.78 is 0. The molecule has 2 nitrogen and oxygen atoms in total. The van der Waals surface area contributed by atoms with Gasteiger partial charge in [-0.3, -0.25) is 0 Å². The van der Waals surface area contributed by atoms with Gasteiger partial charge in [0, 0.05) is 6.42 Å². The van der Waals surface area contributed by atoms with E-state index in [4.69, 9.17) is 0 Å². The molecule has 0 saturated heterocycles. The van der Waals surface area contributed by atoms with Crippen molar-refractivity contribution in [3.8, 4) is 11.8 Å². The highest BCUT2D eigenvalue weighted by atomic mass is 16.3. The summed E-state index contributed by atoms with van der Waals surface area (Å²) >= 11 is 0. The maximum Gasteiger partial charge on any atom is 0.130 e. The standard InChI is InChI=1S/C11H16O2/c1-10(12)8-6-4-5-7-9-11(2,3)13/h4-5,13H,6,8H2,1-3H3/b5-4-. The van der Waals surface area contributed by atoms with Crippen LogP contribution in [0.25, 0.3) is 0 Å². The first-order chi connectivity index (χ1) is 5.92. The second-order valence-corrected chi connectivity index (χ2v) is 3.47. The summed E-state index contributed by atoms with van der Waals surface area (Å²) in [5.41, 5.74) is -0.940. The maximum absolute atomic E-state index is 10.5. The maximum atomic E-state index is 10.5. The van der Waals surface area contributed by atoms with Crippen LogP contribution in [-0.2, 0) is 4.79 Å². The van der Waals surface area contributed by atoms with E-state index in [9.17, 15) is 9.90 Å². The van der Waals surface area contributed by atoms with Crippen molar-refractivity contribution in [2.24, 2.45) is 0 Å². The molecule has 0 aromatic heterocycles. The van der Waals surface area contributed by atoms with E-state index in [2.05, 4.69) is 11.8 Å². The lowest BCUT2D eigenvalue weighted by atomic mass is 10.1. The van der Waals surface area contributed by atoms with Crippen LogP contribution in [0, 0.1) is 11.8 Å². The van der Waals surface area contributed by atoms with Gasteiger partial charge in [0.25, 0.3) is 0 Å². The van der Waals surface area contributed by atoms with Crippen LogP contribution >= 0.6 is 0 Å². The Morgan fingerprint density at radius 3 is 2.62 bits per heavy atom. The Labute approximate surface area is 79.7 Å². The van der Waals surface area contributed by atoms with Crippen LogP contribution in [-0.4, -0.2) is 16.5 Å². The Kier molecular flexibility index (Phi) is 5.10. The molecule has 0 saturated carbocycles. The first-order valence-electron chi connectivity index (χ1n) is 4.31. The molecule has 0 aliphatic heterocycles. The average Bonchev–Trinajstić information content (AvgIpc) is 1.93. The first kappa shape index (κ1) is 11.9. The number of allylic oxidation sites excluding steroid dienone is 2. The minimum Gasteiger partial charge on any atom is -0.378 e. The second-order valence-electron chi connectivity index (χ2n) is 3.47. The molecule has 0 radical (unpaired) electrons. The summed E-state index contributed by atoms with van der Waals surface area (Å²) in [6.07, 6.45) is 4.78. The molecule has 0 aromatic carbocycles. The Hall–Kier alpha value is -1.07. The normalized spacial score (nSPS) is 11.1. The van der Waals surface area contributed by atoms with Crippen molar-refractivity contribution in [1.29, 1.82) is 0 Å². The summed E-state index contributed by atoms with van der Waals surface area (Å²) in [5.74, 6) is 5.53. The number of hydrogen-bond acceptors (Lipinski definition) is 2. The highest BCUT2D eigenvalue weighted by Gasteiger charge is 2.04. The second kappa shape index (κ2) is 5.55. The van der Waals surface area contributed by atoms with E-state index >= 15 is 0 Å². The average molecular weight is 180 g/mol. The molecule has 0 fully saturated rings. The molecule has 0 atom stereocenters. The van der Waals surface area contributed by atoms with Crippen LogP contribution in [0.1, 0.15) is 33.6 Å². The third-order valence-electron chi connectivity index (χ3n) is 1.24. The van der Waals surface area contributed by atoms with Crippen LogP contribution in [0.2, 0.25) is 0 Å². The van der Waals surface area contributed by atoms with Gasteiger partial charge in [-0.1, -0.05) is 17.9 Å². The molecule has 0 spiro atoms. The van der Waals surface area contributed by atoms with Gasteiger partial charge in [0.1, 0.15) is 11.4 Å². The van der Waals surface area contributed by atoms with Crippen molar-refractivity contribution in [1.82, 2.24) is 0 Å². The van der Waals surface area contributed by atoms with Crippen molar-refractivity contribution in [3.63, 3.8) is 0 Å². The predicted octanol–water partition coefficient (Wildman–Crippen LogP) is 1.69. The van der Waals surface area contributed by atoms with Gasteiger partial charge in [-0.05, 0) is 33.3 Å². The molecule has 2 heteroatoms. The SMILES string of the molecule is CC(=O)CC/C=C\C#CC(C)(C)O. The number of carbonyl (C=O) groups is 1. The van der Waals surface area contributed by atoms with E-state index in [0.717, 1.165) is 6.42 Å². The number of ketones is 1. The molecular weight excluding hydrogens is 164 g/mol. The fraction of sp³-hybridized carbons (Fsp3) is 0.545. The topological polar surface area (TPSA) is 37.3 Å². The predicted molar refractivity (Wildman–Crippen MR) is 53.1 cm³/mol. The molecular formula is C11H16O2. The summed E-state index contributed by atoms with van der Waals surface area (Å²) in [7, 11) is 0. The van der Waals surface area contributed by atoms with Gasteiger partial charge in [-0.25, -0.2) is 0 Å². The van der Waals surface area contributed by atoms with E-state index < -0.39 is 5.60 Å². The van der Waals surface area contributed by atoms with Crippen LogP contribution in [0.4, 0.5) is 0 Å². The molecule has 0 heterocycles. The van der Waals surface area contributed by atoms with Gasteiger partial charge < -0.3 is 9.90 Å². The number of carbonyl (C=O) groups excluding carboxylic acids is 1. The van der Waals surface area contributed by atoms with Gasteiger partial charge >= 0.3 is 0 Å². The minimum atomic E-state index is -0.940. The van der Waals surface area contributed by atoms with E-state index in [-0.39, 0.29) is 5.78 Å². The van der Waals surface area contributed by atoms with Crippen molar-refractivity contribution in [2.75, 3.05) is 0 Å². The van der Waals surface area contributed by atoms with Crippen molar-refractivity contribution >= 4 is 5.78 Å². The molecule has 72 valence electrons. The molecule has 0 unspecified atom stereocenters. The zero-order valence-corrected chi connectivity index (χ0v) is 8.42. The lowest BCUT2D eigenvalue weighted by Gasteiger charge is -2.04. The molecule has 0 aliphatic carbocycles. The lowest BCUT2D eigenvalue weighted by molar-refractivity contribution is -0.116. The van der Waals surface area contributed by atoms with Crippen molar-refractivity contribution in [2.45, 2.75) is 39.2 Å². The fourth-order valence-electron chi connectivity index (χ4n) is 0.647. The Morgan fingerprint density at radius 1 is 1.54 bits per heavy atom. The largest absolute Gasteiger partial charge is 0.378 e.